The van der Waals surface area contributed by atoms with E-state index in [0.29, 0.717) is 18.4 Å². The second-order valence-electron chi connectivity index (χ2n) is 5.19. The average molecular weight is 232 g/mol. The van der Waals surface area contributed by atoms with Gasteiger partial charge in [-0.05, 0) is 49.7 Å². The average Bonchev–Trinajstić information content (AvgIpc) is 3.11. The van der Waals surface area contributed by atoms with E-state index in [0.717, 1.165) is 31.2 Å². The lowest BCUT2D eigenvalue weighted by Gasteiger charge is -2.21. The third-order valence-electron chi connectivity index (χ3n) is 4.18. The molecule has 0 aliphatic heterocycles. The van der Waals surface area contributed by atoms with Crippen LogP contribution < -0.4 is 0 Å². The standard InChI is InChI=1S/C14H16O3/c15-12-10-4-2-1-3-9(10)5-6-11(12)14(7-8-14)13(16)17/h5-6,15H,1-4,7-8H2,(H,16,17). The topological polar surface area (TPSA) is 57.5 Å². The number of hydrogen-bond acceptors (Lipinski definition) is 2. The van der Waals surface area contributed by atoms with Crippen LogP contribution in [0.1, 0.15) is 42.4 Å². The summed E-state index contributed by atoms with van der Waals surface area (Å²) in [6, 6.07) is 3.83. The van der Waals surface area contributed by atoms with Gasteiger partial charge in [0.15, 0.2) is 0 Å². The van der Waals surface area contributed by atoms with Crippen molar-refractivity contribution in [3.63, 3.8) is 0 Å². The Morgan fingerprint density at radius 3 is 2.53 bits per heavy atom. The fraction of sp³-hybridized carbons (Fsp3) is 0.500. The molecule has 17 heavy (non-hydrogen) atoms. The van der Waals surface area contributed by atoms with Crippen molar-refractivity contribution in [2.45, 2.75) is 43.9 Å². The van der Waals surface area contributed by atoms with Gasteiger partial charge in [0, 0.05) is 5.56 Å². The highest BCUT2D eigenvalue weighted by molar-refractivity contribution is 5.86. The zero-order valence-electron chi connectivity index (χ0n) is 9.70. The van der Waals surface area contributed by atoms with Crippen molar-refractivity contribution in [3.8, 4) is 5.75 Å². The normalized spacial score (nSPS) is 20.7. The molecular weight excluding hydrogens is 216 g/mol. The Balaban J connectivity index is 2.10. The molecule has 3 nitrogen and oxygen atoms in total. The molecule has 0 spiro atoms. The van der Waals surface area contributed by atoms with Crippen LogP contribution in [0.5, 0.6) is 5.75 Å². The fourth-order valence-electron chi connectivity index (χ4n) is 2.92. The number of phenolic OH excluding ortho intramolecular Hbond substituents is 1. The summed E-state index contributed by atoms with van der Waals surface area (Å²) in [4.78, 5) is 11.3. The molecule has 1 fully saturated rings. The molecule has 0 saturated heterocycles. The summed E-state index contributed by atoms with van der Waals surface area (Å²) in [5, 5.41) is 19.6. The minimum Gasteiger partial charge on any atom is -0.507 e. The van der Waals surface area contributed by atoms with E-state index >= 15 is 0 Å². The fourth-order valence-corrected chi connectivity index (χ4v) is 2.92. The van der Waals surface area contributed by atoms with Crippen molar-refractivity contribution < 1.29 is 15.0 Å². The molecule has 0 heterocycles. The molecular formula is C14H16O3. The van der Waals surface area contributed by atoms with Gasteiger partial charge in [0.2, 0.25) is 0 Å². The molecule has 3 heteroatoms. The third kappa shape index (κ3) is 1.45. The van der Waals surface area contributed by atoms with Crippen LogP contribution in [0.25, 0.3) is 0 Å². The number of carboxylic acid groups (broad SMARTS) is 1. The molecule has 3 rings (SSSR count). The molecule has 1 aromatic rings. The second kappa shape index (κ2) is 3.49. The summed E-state index contributed by atoms with van der Waals surface area (Å²) in [6.07, 6.45) is 5.43. The van der Waals surface area contributed by atoms with Gasteiger partial charge in [-0.3, -0.25) is 4.79 Å². The Morgan fingerprint density at radius 2 is 1.88 bits per heavy atom. The first-order valence-corrected chi connectivity index (χ1v) is 6.23. The van der Waals surface area contributed by atoms with Gasteiger partial charge >= 0.3 is 5.97 Å². The first kappa shape index (κ1) is 10.6. The van der Waals surface area contributed by atoms with E-state index in [-0.39, 0.29) is 5.75 Å². The van der Waals surface area contributed by atoms with Gasteiger partial charge in [0.1, 0.15) is 5.75 Å². The lowest BCUT2D eigenvalue weighted by molar-refractivity contribution is -0.140. The highest BCUT2D eigenvalue weighted by atomic mass is 16.4. The maximum Gasteiger partial charge on any atom is 0.314 e. The summed E-state index contributed by atoms with van der Waals surface area (Å²) in [5.41, 5.74) is 2.02. The molecule has 1 saturated carbocycles. The number of carbonyl (C=O) groups is 1. The SMILES string of the molecule is O=C(O)C1(c2ccc3c(c2O)CCCC3)CC1. The van der Waals surface area contributed by atoms with E-state index in [1.165, 1.54) is 5.56 Å². The van der Waals surface area contributed by atoms with Crippen LogP contribution in [0.4, 0.5) is 0 Å². The first-order chi connectivity index (χ1) is 8.15. The lowest BCUT2D eigenvalue weighted by atomic mass is 9.85. The summed E-state index contributed by atoms with van der Waals surface area (Å²) >= 11 is 0. The van der Waals surface area contributed by atoms with Crippen LogP contribution in [-0.4, -0.2) is 16.2 Å². The van der Waals surface area contributed by atoms with Gasteiger partial charge in [-0.15, -0.1) is 0 Å². The molecule has 2 aliphatic carbocycles. The molecule has 1 aromatic carbocycles. The number of aliphatic carboxylic acids is 1. The Kier molecular flexibility index (Phi) is 2.18. The van der Waals surface area contributed by atoms with Crippen molar-refractivity contribution in [1.29, 1.82) is 0 Å². The monoisotopic (exact) mass is 232 g/mol. The summed E-state index contributed by atoms with van der Waals surface area (Å²) in [7, 11) is 0. The highest BCUT2D eigenvalue weighted by Crippen LogP contribution is 2.52. The number of benzene rings is 1. The van der Waals surface area contributed by atoms with Crippen LogP contribution in [0.15, 0.2) is 12.1 Å². The van der Waals surface area contributed by atoms with Gasteiger partial charge in [-0.1, -0.05) is 12.1 Å². The minimum atomic E-state index is -0.802. The van der Waals surface area contributed by atoms with Crippen LogP contribution in [0.2, 0.25) is 0 Å². The smallest absolute Gasteiger partial charge is 0.314 e. The summed E-state index contributed by atoms with van der Waals surface area (Å²) < 4.78 is 0. The van der Waals surface area contributed by atoms with Crippen LogP contribution in [-0.2, 0) is 23.1 Å². The molecule has 0 radical (unpaired) electrons. The largest absolute Gasteiger partial charge is 0.507 e. The zero-order chi connectivity index (χ0) is 12.0. The Hall–Kier alpha value is -1.51. The van der Waals surface area contributed by atoms with E-state index in [2.05, 4.69) is 0 Å². The predicted octanol–water partition coefficient (Wildman–Crippen LogP) is 2.39. The highest BCUT2D eigenvalue weighted by Gasteiger charge is 2.53. The number of aromatic hydroxyl groups is 1. The molecule has 0 aromatic heterocycles. The van der Waals surface area contributed by atoms with Crippen LogP contribution in [0, 0.1) is 0 Å². The number of carboxylic acids is 1. The van der Waals surface area contributed by atoms with Gasteiger partial charge in [0.25, 0.3) is 0 Å². The molecule has 90 valence electrons. The second-order valence-corrected chi connectivity index (χ2v) is 5.19. The Bertz CT molecular complexity index is 486. The van der Waals surface area contributed by atoms with E-state index in [1.54, 1.807) is 0 Å². The molecule has 0 atom stereocenters. The van der Waals surface area contributed by atoms with E-state index in [4.69, 9.17) is 0 Å². The predicted molar refractivity (Wildman–Crippen MR) is 63.3 cm³/mol. The van der Waals surface area contributed by atoms with Gasteiger partial charge in [0.05, 0.1) is 5.41 Å². The summed E-state index contributed by atoms with van der Waals surface area (Å²) in [6.45, 7) is 0. The van der Waals surface area contributed by atoms with Crippen molar-refractivity contribution in [2.75, 3.05) is 0 Å². The number of hydrogen-bond donors (Lipinski definition) is 2. The quantitative estimate of drug-likeness (QED) is 0.823. The minimum absolute atomic E-state index is 0.252. The van der Waals surface area contributed by atoms with Crippen molar-refractivity contribution in [3.05, 3.63) is 28.8 Å². The van der Waals surface area contributed by atoms with E-state index in [1.807, 2.05) is 12.1 Å². The number of phenols is 1. The number of fused-ring (bicyclic) bond motifs is 1. The molecule has 2 N–H and O–H groups in total. The van der Waals surface area contributed by atoms with Crippen molar-refractivity contribution in [2.24, 2.45) is 0 Å². The maximum atomic E-state index is 11.3. The number of aryl methyl sites for hydroxylation is 1. The first-order valence-electron chi connectivity index (χ1n) is 6.23. The van der Waals surface area contributed by atoms with Gasteiger partial charge in [-0.2, -0.15) is 0 Å². The zero-order valence-corrected chi connectivity index (χ0v) is 9.70. The van der Waals surface area contributed by atoms with Crippen LogP contribution in [0.3, 0.4) is 0 Å². The Labute approximate surface area is 100 Å². The molecule has 0 unspecified atom stereocenters. The molecule has 0 amide bonds. The van der Waals surface area contributed by atoms with Crippen molar-refractivity contribution >= 4 is 5.97 Å². The van der Waals surface area contributed by atoms with Crippen molar-refractivity contribution in [1.82, 2.24) is 0 Å². The van der Waals surface area contributed by atoms with Gasteiger partial charge < -0.3 is 10.2 Å². The molecule has 2 aliphatic rings. The number of rotatable bonds is 2. The lowest BCUT2D eigenvalue weighted by Crippen LogP contribution is -2.20. The molecule has 0 bridgehead atoms. The maximum absolute atomic E-state index is 11.3. The third-order valence-corrected chi connectivity index (χ3v) is 4.18. The van der Waals surface area contributed by atoms with E-state index in [9.17, 15) is 15.0 Å². The summed E-state index contributed by atoms with van der Waals surface area (Å²) in [5.74, 6) is -0.550. The Morgan fingerprint density at radius 1 is 1.18 bits per heavy atom. The van der Waals surface area contributed by atoms with Gasteiger partial charge in [-0.25, -0.2) is 0 Å². The van der Waals surface area contributed by atoms with Crippen LogP contribution >= 0.6 is 0 Å². The van der Waals surface area contributed by atoms with E-state index < -0.39 is 11.4 Å².